The van der Waals surface area contributed by atoms with Gasteiger partial charge in [-0.25, -0.2) is 13.4 Å². The molecule has 4 heterocycles. The Bertz CT molecular complexity index is 1270. The zero-order valence-corrected chi connectivity index (χ0v) is 21.4. The molecule has 1 aromatic heterocycles. The minimum Gasteiger partial charge on any atom is -0.342 e. The molecule has 0 N–H and O–H groups in total. The number of anilines is 1. The first-order chi connectivity index (χ1) is 16.6. The van der Waals surface area contributed by atoms with Crippen LogP contribution in [-0.2, 0) is 31.4 Å². The van der Waals surface area contributed by atoms with Crippen LogP contribution in [0.3, 0.4) is 0 Å². The molecule has 0 saturated carbocycles. The first kappa shape index (κ1) is 24.3. The number of halogens is 1. The summed E-state index contributed by atoms with van der Waals surface area (Å²) in [6, 6.07) is 4.96. The van der Waals surface area contributed by atoms with Gasteiger partial charge in [0.2, 0.25) is 21.8 Å². The average Bonchev–Trinajstić information content (AvgIpc) is 3.52. The van der Waals surface area contributed by atoms with E-state index in [-0.39, 0.29) is 23.1 Å². The van der Waals surface area contributed by atoms with Gasteiger partial charge in [-0.15, -0.1) is 0 Å². The zero-order valence-electron chi connectivity index (χ0n) is 19.7. The summed E-state index contributed by atoms with van der Waals surface area (Å²) in [6.07, 6.45) is 1.69. The largest absolute Gasteiger partial charge is 0.342 e. The van der Waals surface area contributed by atoms with Crippen LogP contribution in [0.5, 0.6) is 0 Å². The molecule has 2 aromatic rings. The maximum atomic E-state index is 13.4. The van der Waals surface area contributed by atoms with E-state index in [1.165, 1.54) is 11.2 Å². The van der Waals surface area contributed by atoms with Crippen LogP contribution in [0.25, 0.3) is 0 Å². The van der Waals surface area contributed by atoms with Crippen molar-refractivity contribution >= 4 is 38.9 Å². The number of nitrogens with zero attached hydrogens (tertiary/aromatic N) is 5. The molecule has 1 atom stereocenters. The van der Waals surface area contributed by atoms with Crippen molar-refractivity contribution < 1.29 is 22.4 Å². The highest BCUT2D eigenvalue weighted by atomic mass is 32.2. The number of hydrogen-bond donors (Lipinski definition) is 0. The van der Waals surface area contributed by atoms with E-state index in [9.17, 15) is 22.4 Å². The van der Waals surface area contributed by atoms with Gasteiger partial charge in [0.05, 0.1) is 17.5 Å². The Kier molecular flexibility index (Phi) is 6.19. The Labute approximate surface area is 208 Å². The van der Waals surface area contributed by atoms with Crippen molar-refractivity contribution in [2.45, 2.75) is 30.1 Å². The van der Waals surface area contributed by atoms with Crippen molar-refractivity contribution in [3.8, 4) is 0 Å². The van der Waals surface area contributed by atoms with E-state index in [2.05, 4.69) is 9.88 Å². The number of aromatic nitrogens is 1. The maximum Gasteiger partial charge on any atom is 0.243 e. The summed E-state index contributed by atoms with van der Waals surface area (Å²) in [4.78, 5) is 35.0. The van der Waals surface area contributed by atoms with E-state index in [1.807, 2.05) is 7.05 Å². The molecule has 2 amide bonds. The fraction of sp³-hybridized carbons (Fsp3) is 0.522. The van der Waals surface area contributed by atoms with Gasteiger partial charge in [-0.2, -0.15) is 8.70 Å². The van der Waals surface area contributed by atoms with E-state index < -0.39 is 20.6 Å². The molecule has 1 aromatic carbocycles. The van der Waals surface area contributed by atoms with Crippen molar-refractivity contribution in [1.82, 2.24) is 19.1 Å². The number of fused-ring (bicyclic) bond motifs is 2. The number of carbonyl (C=O) groups excluding carboxylic acids is 2. The Morgan fingerprint density at radius 3 is 2.51 bits per heavy atom. The predicted octanol–water partition coefficient (Wildman–Crippen LogP) is 1.30. The second-order valence-corrected chi connectivity index (χ2v) is 12.6. The highest BCUT2D eigenvalue weighted by Gasteiger charge is 2.50. The molecule has 2 fully saturated rings. The van der Waals surface area contributed by atoms with E-state index in [4.69, 9.17) is 0 Å². The molecule has 1 unspecified atom stereocenters. The number of likely N-dealkylation sites (tertiary alicyclic amines) is 1. The van der Waals surface area contributed by atoms with Crippen LogP contribution in [0.1, 0.15) is 23.9 Å². The molecule has 188 valence electrons. The lowest BCUT2D eigenvalue weighted by Gasteiger charge is -2.32. The van der Waals surface area contributed by atoms with Gasteiger partial charge in [-0.3, -0.25) is 9.59 Å². The van der Waals surface area contributed by atoms with E-state index in [0.717, 1.165) is 23.1 Å². The van der Waals surface area contributed by atoms with Crippen LogP contribution in [0.15, 0.2) is 29.3 Å². The molecule has 5 rings (SSSR count). The Morgan fingerprint density at radius 1 is 1.14 bits per heavy atom. The molecule has 35 heavy (non-hydrogen) atoms. The summed E-state index contributed by atoms with van der Waals surface area (Å²) in [6.45, 7) is 5.01. The lowest BCUT2D eigenvalue weighted by Crippen LogP contribution is -2.47. The molecule has 3 aliphatic heterocycles. The quantitative estimate of drug-likeness (QED) is 0.602. The molecule has 0 bridgehead atoms. The fourth-order valence-corrected chi connectivity index (χ4v) is 7.37. The van der Waals surface area contributed by atoms with Crippen LogP contribution >= 0.6 is 11.3 Å². The minimum absolute atomic E-state index is 0.0398. The van der Waals surface area contributed by atoms with Crippen LogP contribution in [0.2, 0.25) is 0 Å². The monoisotopic (exact) mass is 521 g/mol. The maximum absolute atomic E-state index is 13.4. The van der Waals surface area contributed by atoms with Crippen molar-refractivity contribution in [3.63, 3.8) is 0 Å². The SMILES string of the molecule is CC(=O)N1CCC2(C1)CN(C(=O)Cc1ncc(F)s1)c1ccc(S(=O)(=O)N3CCN(C)CC3)cc12. The minimum atomic E-state index is -3.69. The molecule has 1 spiro atoms. The van der Waals surface area contributed by atoms with Gasteiger partial charge in [-0.1, -0.05) is 11.3 Å². The van der Waals surface area contributed by atoms with Crippen molar-refractivity contribution in [1.29, 1.82) is 0 Å². The van der Waals surface area contributed by atoms with Crippen molar-refractivity contribution in [3.05, 3.63) is 40.1 Å². The second kappa shape index (κ2) is 8.91. The van der Waals surface area contributed by atoms with E-state index in [0.29, 0.717) is 62.9 Å². The highest BCUT2D eigenvalue weighted by molar-refractivity contribution is 7.89. The summed E-state index contributed by atoms with van der Waals surface area (Å²) < 4.78 is 41.8. The van der Waals surface area contributed by atoms with Crippen molar-refractivity contribution in [2.24, 2.45) is 0 Å². The first-order valence-corrected chi connectivity index (χ1v) is 13.8. The summed E-state index contributed by atoms with van der Waals surface area (Å²) in [5.41, 5.74) is 0.878. The number of piperazine rings is 1. The number of sulfonamides is 1. The van der Waals surface area contributed by atoms with Gasteiger partial charge in [0.1, 0.15) is 5.01 Å². The van der Waals surface area contributed by atoms with Gasteiger partial charge >= 0.3 is 0 Å². The van der Waals surface area contributed by atoms with Gasteiger partial charge in [0.15, 0.2) is 5.13 Å². The molecule has 0 aliphatic carbocycles. The lowest BCUT2D eigenvalue weighted by atomic mass is 9.81. The normalized spacial score (nSPS) is 23.3. The third-order valence-electron chi connectivity index (χ3n) is 7.32. The summed E-state index contributed by atoms with van der Waals surface area (Å²) >= 11 is 0.840. The van der Waals surface area contributed by atoms with Crippen LogP contribution in [0.4, 0.5) is 10.1 Å². The van der Waals surface area contributed by atoms with Crippen molar-refractivity contribution in [2.75, 3.05) is 57.8 Å². The number of likely N-dealkylation sites (N-methyl/N-ethyl adjacent to an activating group) is 1. The zero-order chi connectivity index (χ0) is 25.0. The van der Waals surface area contributed by atoms with E-state index >= 15 is 0 Å². The first-order valence-electron chi connectivity index (χ1n) is 11.6. The van der Waals surface area contributed by atoms with Crippen LogP contribution in [0, 0.1) is 5.13 Å². The summed E-state index contributed by atoms with van der Waals surface area (Å²) in [7, 11) is -1.73. The van der Waals surface area contributed by atoms with Gasteiger partial charge in [-0.05, 0) is 37.2 Å². The highest BCUT2D eigenvalue weighted by Crippen LogP contribution is 2.47. The molecule has 12 heteroatoms. The van der Waals surface area contributed by atoms with Crippen LogP contribution < -0.4 is 4.90 Å². The molecule has 3 aliphatic rings. The summed E-state index contributed by atoms with van der Waals surface area (Å²) in [5, 5.41) is -0.0567. The molecular weight excluding hydrogens is 493 g/mol. The smallest absolute Gasteiger partial charge is 0.243 e. The number of benzene rings is 1. The Hall–Kier alpha value is -2.41. The third-order valence-corrected chi connectivity index (χ3v) is 10.00. The lowest BCUT2D eigenvalue weighted by molar-refractivity contribution is -0.127. The Balaban J connectivity index is 1.50. The van der Waals surface area contributed by atoms with Gasteiger partial charge < -0.3 is 14.7 Å². The van der Waals surface area contributed by atoms with Gasteiger partial charge in [0, 0.05) is 63.8 Å². The number of thiazole rings is 1. The van der Waals surface area contributed by atoms with Gasteiger partial charge in [0.25, 0.3) is 0 Å². The standard InChI is InChI=1S/C23H28FN5O4S2/c1-16(30)27-6-5-23(14-27)15-29(22(31)12-21-25-13-20(24)34-21)19-4-3-17(11-18(19)23)35(32,33)28-9-7-26(2)8-10-28/h3-4,11,13H,5-10,12,14-15H2,1-2H3. The molecule has 0 radical (unpaired) electrons. The summed E-state index contributed by atoms with van der Waals surface area (Å²) in [5.74, 6) is -0.277. The fourth-order valence-electron chi connectivity index (χ4n) is 5.29. The third kappa shape index (κ3) is 4.37. The number of carbonyl (C=O) groups is 2. The number of rotatable bonds is 4. The molecular formula is C23H28FN5O4S2. The van der Waals surface area contributed by atoms with E-state index in [1.54, 1.807) is 28.0 Å². The number of amides is 2. The Morgan fingerprint density at radius 2 is 1.89 bits per heavy atom. The molecule has 9 nitrogen and oxygen atoms in total. The van der Waals surface area contributed by atoms with Crippen LogP contribution in [-0.4, -0.2) is 92.2 Å². The second-order valence-electron chi connectivity index (χ2n) is 9.57. The molecule has 2 saturated heterocycles. The average molecular weight is 522 g/mol. The predicted molar refractivity (Wildman–Crippen MR) is 129 cm³/mol. The number of hydrogen-bond acceptors (Lipinski definition) is 7. The topological polar surface area (TPSA) is 94.1 Å².